The van der Waals surface area contributed by atoms with Crippen molar-refractivity contribution >= 4 is 34.6 Å². The van der Waals surface area contributed by atoms with Crippen molar-refractivity contribution in [1.29, 1.82) is 5.26 Å². The molecule has 6 nitrogen and oxygen atoms in total. The first-order valence-electron chi connectivity index (χ1n) is 6.91. The van der Waals surface area contributed by atoms with Gasteiger partial charge in [0, 0.05) is 24.6 Å². The third-order valence-corrected chi connectivity index (χ3v) is 3.53. The Kier molecular flexibility index (Phi) is 5.30. The van der Waals surface area contributed by atoms with Crippen LogP contribution in [0.2, 0.25) is 5.02 Å². The van der Waals surface area contributed by atoms with Crippen molar-refractivity contribution in [3.63, 3.8) is 0 Å². The molecule has 0 spiro atoms. The number of anilines is 3. The lowest BCUT2D eigenvalue weighted by molar-refractivity contribution is -0.112. The van der Waals surface area contributed by atoms with Gasteiger partial charge >= 0.3 is 0 Å². The number of carbonyl (C=O) groups is 1. The Morgan fingerprint density at radius 2 is 2.00 bits per heavy atom. The van der Waals surface area contributed by atoms with Crippen LogP contribution in [-0.2, 0) is 4.79 Å². The summed E-state index contributed by atoms with van der Waals surface area (Å²) in [5.41, 5.74) is 7.08. The number of phenolic OH excluding ortho intramolecular Hbond substituents is 1. The highest BCUT2D eigenvalue weighted by atomic mass is 35.5. The molecule has 0 fully saturated rings. The first-order valence-corrected chi connectivity index (χ1v) is 7.28. The summed E-state index contributed by atoms with van der Waals surface area (Å²) in [4.78, 5) is 13.8. The van der Waals surface area contributed by atoms with Gasteiger partial charge in [0.25, 0.3) is 5.91 Å². The lowest BCUT2D eigenvalue weighted by Gasteiger charge is -2.15. The fourth-order valence-electron chi connectivity index (χ4n) is 1.90. The van der Waals surface area contributed by atoms with Gasteiger partial charge in [-0.2, -0.15) is 5.26 Å². The molecule has 0 radical (unpaired) electrons. The largest absolute Gasteiger partial charge is 0.508 e. The van der Waals surface area contributed by atoms with E-state index in [9.17, 15) is 15.2 Å². The SMILES string of the molecule is CN(/C=C(/C#N)C(=O)Nc1ccc(N)c(Cl)c1)c1ccc(O)cc1. The molecule has 24 heavy (non-hydrogen) atoms. The minimum Gasteiger partial charge on any atom is -0.508 e. The van der Waals surface area contributed by atoms with Gasteiger partial charge < -0.3 is 21.1 Å². The quantitative estimate of drug-likeness (QED) is 0.450. The molecule has 0 bridgehead atoms. The molecule has 0 atom stereocenters. The molecule has 1 amide bonds. The fraction of sp³-hybridized carbons (Fsp3) is 0.0588. The van der Waals surface area contributed by atoms with E-state index in [1.807, 2.05) is 6.07 Å². The summed E-state index contributed by atoms with van der Waals surface area (Å²) in [6, 6.07) is 12.9. The fourth-order valence-corrected chi connectivity index (χ4v) is 2.08. The Morgan fingerprint density at radius 3 is 2.58 bits per heavy atom. The van der Waals surface area contributed by atoms with Crippen LogP contribution in [0.15, 0.2) is 54.2 Å². The third kappa shape index (κ3) is 4.18. The number of nitrogens with one attached hydrogen (secondary N) is 1. The summed E-state index contributed by atoms with van der Waals surface area (Å²) >= 11 is 5.90. The maximum absolute atomic E-state index is 12.2. The zero-order valence-electron chi connectivity index (χ0n) is 12.8. The van der Waals surface area contributed by atoms with Crippen molar-refractivity contribution in [3.8, 4) is 11.8 Å². The summed E-state index contributed by atoms with van der Waals surface area (Å²) < 4.78 is 0. The van der Waals surface area contributed by atoms with Gasteiger partial charge in [0.2, 0.25) is 0 Å². The summed E-state index contributed by atoms with van der Waals surface area (Å²) in [6.45, 7) is 0. The lowest BCUT2D eigenvalue weighted by Crippen LogP contribution is -2.17. The topological polar surface area (TPSA) is 102 Å². The lowest BCUT2D eigenvalue weighted by atomic mass is 10.2. The number of phenols is 1. The number of carbonyl (C=O) groups excluding carboxylic acids is 1. The number of nitriles is 1. The van der Waals surface area contributed by atoms with Crippen LogP contribution in [0, 0.1) is 11.3 Å². The van der Waals surface area contributed by atoms with Crippen LogP contribution in [0.1, 0.15) is 0 Å². The highest BCUT2D eigenvalue weighted by molar-refractivity contribution is 6.33. The van der Waals surface area contributed by atoms with Crippen LogP contribution in [0.5, 0.6) is 5.75 Å². The molecule has 122 valence electrons. The molecule has 0 aromatic heterocycles. The number of nitrogens with two attached hydrogens (primary N) is 1. The number of hydrogen-bond donors (Lipinski definition) is 3. The summed E-state index contributed by atoms with van der Waals surface area (Å²) in [6.07, 6.45) is 1.40. The van der Waals surface area contributed by atoms with Crippen LogP contribution >= 0.6 is 11.6 Å². The van der Waals surface area contributed by atoms with Crippen LogP contribution < -0.4 is 16.0 Å². The Balaban J connectivity index is 2.17. The number of halogens is 1. The molecule has 0 aliphatic heterocycles. The highest BCUT2D eigenvalue weighted by Gasteiger charge is 2.12. The molecule has 4 N–H and O–H groups in total. The average Bonchev–Trinajstić information content (AvgIpc) is 2.56. The van der Waals surface area contributed by atoms with E-state index in [1.54, 1.807) is 36.2 Å². The molecule has 0 saturated heterocycles. The van der Waals surface area contributed by atoms with E-state index in [4.69, 9.17) is 17.3 Å². The van der Waals surface area contributed by atoms with Gasteiger partial charge in [-0.05, 0) is 42.5 Å². The molecule has 0 unspecified atom stereocenters. The van der Waals surface area contributed by atoms with E-state index >= 15 is 0 Å². The number of nitrogens with zero attached hydrogens (tertiary/aromatic N) is 2. The van der Waals surface area contributed by atoms with Crippen LogP contribution in [0.25, 0.3) is 0 Å². The molecule has 0 saturated carbocycles. The van der Waals surface area contributed by atoms with E-state index in [-0.39, 0.29) is 11.3 Å². The third-order valence-electron chi connectivity index (χ3n) is 3.20. The number of benzene rings is 2. The van der Waals surface area contributed by atoms with Gasteiger partial charge in [0.15, 0.2) is 0 Å². The standard InChI is InChI=1S/C17H15ClN4O2/c1-22(13-3-5-14(23)6-4-13)10-11(9-19)17(24)21-12-2-7-16(20)15(18)8-12/h2-8,10,23H,20H2,1H3,(H,21,24)/b11-10-. The molecule has 2 aromatic carbocycles. The second-order valence-electron chi connectivity index (χ2n) is 4.97. The van der Waals surface area contributed by atoms with Gasteiger partial charge in [-0.1, -0.05) is 11.6 Å². The number of hydrogen-bond acceptors (Lipinski definition) is 5. The van der Waals surface area contributed by atoms with Crippen LogP contribution in [-0.4, -0.2) is 18.1 Å². The zero-order chi connectivity index (χ0) is 17.7. The van der Waals surface area contributed by atoms with E-state index in [2.05, 4.69) is 5.32 Å². The van der Waals surface area contributed by atoms with Crippen molar-refractivity contribution < 1.29 is 9.90 Å². The zero-order valence-corrected chi connectivity index (χ0v) is 13.6. The highest BCUT2D eigenvalue weighted by Crippen LogP contribution is 2.23. The van der Waals surface area contributed by atoms with Gasteiger partial charge in [0.1, 0.15) is 17.4 Å². The van der Waals surface area contributed by atoms with Crippen molar-refractivity contribution in [3.05, 3.63) is 59.3 Å². The van der Waals surface area contributed by atoms with Crippen molar-refractivity contribution in [2.75, 3.05) is 23.0 Å². The summed E-state index contributed by atoms with van der Waals surface area (Å²) in [7, 11) is 1.69. The maximum Gasteiger partial charge on any atom is 0.267 e. The van der Waals surface area contributed by atoms with Gasteiger partial charge in [0.05, 0.1) is 10.7 Å². The number of aromatic hydroxyl groups is 1. The van der Waals surface area contributed by atoms with Gasteiger partial charge in [-0.15, -0.1) is 0 Å². The second kappa shape index (κ2) is 7.40. The Labute approximate surface area is 144 Å². The van der Waals surface area contributed by atoms with Crippen molar-refractivity contribution in [1.82, 2.24) is 0 Å². The molecular formula is C17H15ClN4O2. The van der Waals surface area contributed by atoms with E-state index < -0.39 is 5.91 Å². The van der Waals surface area contributed by atoms with Gasteiger partial charge in [-0.25, -0.2) is 0 Å². The van der Waals surface area contributed by atoms with E-state index in [0.29, 0.717) is 22.1 Å². The molecule has 0 heterocycles. The first-order chi connectivity index (χ1) is 11.4. The Hall–Kier alpha value is -3.17. The van der Waals surface area contributed by atoms with Crippen molar-refractivity contribution in [2.24, 2.45) is 0 Å². The molecular weight excluding hydrogens is 328 g/mol. The minimum absolute atomic E-state index is 0.0847. The normalized spacial score (nSPS) is 10.8. The molecule has 0 aliphatic rings. The Morgan fingerprint density at radius 1 is 1.33 bits per heavy atom. The molecule has 2 rings (SSSR count). The van der Waals surface area contributed by atoms with Gasteiger partial charge in [-0.3, -0.25) is 4.79 Å². The molecule has 2 aromatic rings. The smallest absolute Gasteiger partial charge is 0.267 e. The van der Waals surface area contributed by atoms with Crippen LogP contribution in [0.4, 0.5) is 17.1 Å². The molecule has 7 heteroatoms. The predicted octanol–water partition coefficient (Wildman–Crippen LogP) is 3.11. The first kappa shape index (κ1) is 17.2. The summed E-state index contributed by atoms with van der Waals surface area (Å²) in [5.74, 6) is -0.432. The average molecular weight is 343 g/mol. The minimum atomic E-state index is -0.566. The maximum atomic E-state index is 12.2. The second-order valence-corrected chi connectivity index (χ2v) is 5.38. The number of rotatable bonds is 4. The van der Waals surface area contributed by atoms with Crippen molar-refractivity contribution in [2.45, 2.75) is 0 Å². The summed E-state index contributed by atoms with van der Waals surface area (Å²) in [5, 5.41) is 21.4. The van der Waals surface area contributed by atoms with Crippen LogP contribution in [0.3, 0.4) is 0 Å². The number of nitrogen functional groups attached to an aromatic ring is 1. The Bertz CT molecular complexity index is 825. The number of amides is 1. The molecule has 0 aliphatic carbocycles. The predicted molar refractivity (Wildman–Crippen MR) is 94.7 cm³/mol. The monoisotopic (exact) mass is 342 g/mol. The van der Waals surface area contributed by atoms with E-state index in [1.165, 1.54) is 24.4 Å². The van der Waals surface area contributed by atoms with E-state index in [0.717, 1.165) is 0 Å².